The van der Waals surface area contributed by atoms with Crippen LogP contribution in [0.4, 0.5) is 0 Å². The fraction of sp³-hybridized carbons (Fsp3) is 0.333. The number of hydrogen-bond donors (Lipinski definition) is 3. The van der Waals surface area contributed by atoms with Crippen molar-refractivity contribution in [1.82, 2.24) is 10.6 Å². The van der Waals surface area contributed by atoms with E-state index < -0.39 is 0 Å². The van der Waals surface area contributed by atoms with E-state index in [0.29, 0.717) is 6.04 Å². The minimum absolute atomic E-state index is 0.241. The number of nitrogens with one attached hydrogen (secondary N) is 2. The summed E-state index contributed by atoms with van der Waals surface area (Å²) in [6.07, 6.45) is 21.2. The summed E-state index contributed by atoms with van der Waals surface area (Å²) in [5, 5.41) is 10.2. The first-order valence-corrected chi connectivity index (χ1v) is 14.7. The summed E-state index contributed by atoms with van der Waals surface area (Å²) in [5.74, 6) is 0. The second-order valence-electron chi connectivity index (χ2n) is 10.9. The molecule has 1 saturated heterocycles. The van der Waals surface area contributed by atoms with Crippen molar-refractivity contribution in [2.75, 3.05) is 13.1 Å². The van der Waals surface area contributed by atoms with Crippen LogP contribution in [0.3, 0.4) is 0 Å². The summed E-state index contributed by atoms with van der Waals surface area (Å²) in [5.41, 5.74) is 14.8. The zero-order chi connectivity index (χ0) is 27.0. The van der Waals surface area contributed by atoms with E-state index in [0.717, 1.165) is 50.8 Å². The van der Waals surface area contributed by atoms with Crippen LogP contribution in [0.5, 0.6) is 0 Å². The maximum atomic E-state index is 5.69. The smallest absolute Gasteiger partial charge is 0.0667 e. The van der Waals surface area contributed by atoms with Crippen LogP contribution in [0.25, 0.3) is 16.7 Å². The minimum atomic E-state index is 0.241. The van der Waals surface area contributed by atoms with E-state index in [9.17, 15) is 0 Å². The molecule has 0 spiro atoms. The number of aryl methyl sites for hydroxylation is 1. The molecule has 1 aliphatic carbocycles. The van der Waals surface area contributed by atoms with Crippen LogP contribution in [-0.4, -0.2) is 25.2 Å². The van der Waals surface area contributed by atoms with Gasteiger partial charge in [0, 0.05) is 11.7 Å². The number of hydrogen-bond acceptors (Lipinski definition) is 3. The van der Waals surface area contributed by atoms with Gasteiger partial charge in [-0.1, -0.05) is 85.5 Å². The molecule has 202 valence electrons. The van der Waals surface area contributed by atoms with Gasteiger partial charge < -0.3 is 16.4 Å². The van der Waals surface area contributed by atoms with Crippen LogP contribution in [0.15, 0.2) is 103 Å². The van der Waals surface area contributed by atoms with Crippen molar-refractivity contribution < 1.29 is 0 Å². The highest BCUT2D eigenvalue weighted by Crippen LogP contribution is 2.27. The lowest BCUT2D eigenvalue weighted by atomic mass is 9.85. The predicted molar refractivity (Wildman–Crippen MR) is 167 cm³/mol. The Kier molecular flexibility index (Phi) is 9.13. The summed E-state index contributed by atoms with van der Waals surface area (Å²) in [4.78, 5) is 0. The average Bonchev–Trinajstić information content (AvgIpc) is 3.53. The summed E-state index contributed by atoms with van der Waals surface area (Å²) >= 11 is 0. The van der Waals surface area contributed by atoms with Crippen LogP contribution in [0.1, 0.15) is 56.6 Å². The molecule has 3 aliphatic rings. The Morgan fingerprint density at radius 3 is 2.72 bits per heavy atom. The van der Waals surface area contributed by atoms with Gasteiger partial charge in [0.15, 0.2) is 0 Å². The van der Waals surface area contributed by atoms with Crippen LogP contribution in [-0.2, 0) is 6.42 Å². The molecule has 3 heteroatoms. The zero-order valence-electron chi connectivity index (χ0n) is 23.4. The number of rotatable bonds is 10. The molecule has 0 aromatic heterocycles. The first-order valence-electron chi connectivity index (χ1n) is 14.7. The molecule has 5 rings (SSSR count). The Balaban J connectivity index is 1.39. The molecule has 0 bridgehead atoms. The highest BCUT2D eigenvalue weighted by molar-refractivity contribution is 5.78. The Bertz CT molecular complexity index is 1430. The number of dihydropyridines is 1. The van der Waals surface area contributed by atoms with Crippen molar-refractivity contribution >= 4 is 16.7 Å². The first kappa shape index (κ1) is 27.2. The van der Waals surface area contributed by atoms with Crippen LogP contribution >= 0.6 is 0 Å². The van der Waals surface area contributed by atoms with Crippen molar-refractivity contribution in [3.63, 3.8) is 0 Å². The molecular formula is C36H43N3. The highest BCUT2D eigenvalue weighted by atomic mass is 15.0. The van der Waals surface area contributed by atoms with Crippen molar-refractivity contribution in [2.24, 2.45) is 5.73 Å². The molecule has 4 N–H and O–H groups in total. The lowest BCUT2D eigenvalue weighted by Crippen LogP contribution is -2.43. The van der Waals surface area contributed by atoms with Crippen molar-refractivity contribution in [1.29, 1.82) is 0 Å². The van der Waals surface area contributed by atoms with Gasteiger partial charge in [0.05, 0.1) is 6.04 Å². The van der Waals surface area contributed by atoms with E-state index in [-0.39, 0.29) is 6.04 Å². The molecule has 0 radical (unpaired) electrons. The molecule has 0 amide bonds. The molecule has 2 atom stereocenters. The third-order valence-electron chi connectivity index (χ3n) is 8.30. The fourth-order valence-corrected chi connectivity index (χ4v) is 6.16. The topological polar surface area (TPSA) is 50.1 Å². The first-order chi connectivity index (χ1) is 19.2. The van der Waals surface area contributed by atoms with Gasteiger partial charge in [0.25, 0.3) is 0 Å². The molecule has 2 aliphatic heterocycles. The summed E-state index contributed by atoms with van der Waals surface area (Å²) in [6.45, 7) is 8.51. The Hall–Kier alpha value is -3.40. The number of unbranched alkanes of at least 4 members (excludes halogenated alkanes) is 1. The van der Waals surface area contributed by atoms with E-state index >= 15 is 0 Å². The van der Waals surface area contributed by atoms with Gasteiger partial charge in [-0.05, 0) is 115 Å². The molecular weight excluding hydrogens is 474 g/mol. The molecule has 39 heavy (non-hydrogen) atoms. The number of fused-ring (bicyclic) bond motifs is 1. The summed E-state index contributed by atoms with van der Waals surface area (Å²) < 4.78 is 0. The van der Waals surface area contributed by atoms with E-state index in [1.54, 1.807) is 0 Å². The van der Waals surface area contributed by atoms with Gasteiger partial charge in [-0.15, -0.1) is 0 Å². The second-order valence-corrected chi connectivity index (χ2v) is 10.9. The Labute approximate surface area is 234 Å². The Morgan fingerprint density at radius 2 is 1.92 bits per heavy atom. The van der Waals surface area contributed by atoms with Gasteiger partial charge in [-0.25, -0.2) is 0 Å². The van der Waals surface area contributed by atoms with E-state index in [1.165, 1.54) is 56.8 Å². The van der Waals surface area contributed by atoms with E-state index in [2.05, 4.69) is 109 Å². The summed E-state index contributed by atoms with van der Waals surface area (Å²) in [7, 11) is 0. The molecule has 2 heterocycles. The number of allylic oxidation sites excluding steroid dienone is 7. The molecule has 2 aromatic rings. The quantitative estimate of drug-likeness (QED) is 0.290. The van der Waals surface area contributed by atoms with Crippen LogP contribution in [0, 0.1) is 0 Å². The maximum Gasteiger partial charge on any atom is 0.0667 e. The zero-order valence-corrected chi connectivity index (χ0v) is 23.4. The van der Waals surface area contributed by atoms with Gasteiger partial charge in [-0.2, -0.15) is 0 Å². The second kappa shape index (κ2) is 13.1. The van der Waals surface area contributed by atoms with Gasteiger partial charge in [0.1, 0.15) is 0 Å². The largest absolute Gasteiger partial charge is 0.377 e. The van der Waals surface area contributed by atoms with Crippen molar-refractivity contribution in [3.8, 4) is 0 Å². The molecule has 1 fully saturated rings. The lowest BCUT2D eigenvalue weighted by molar-refractivity contribution is 0.606. The molecule has 0 saturated carbocycles. The predicted octanol–water partition coefficient (Wildman–Crippen LogP) is 5.44. The van der Waals surface area contributed by atoms with E-state index in [4.69, 9.17) is 5.73 Å². The molecule has 2 aromatic carbocycles. The summed E-state index contributed by atoms with van der Waals surface area (Å²) in [6, 6.07) is 18.5. The van der Waals surface area contributed by atoms with Crippen molar-refractivity contribution in [2.45, 2.75) is 64.0 Å². The molecule has 2 unspecified atom stereocenters. The Morgan fingerprint density at radius 1 is 1.05 bits per heavy atom. The highest BCUT2D eigenvalue weighted by Gasteiger charge is 2.25. The van der Waals surface area contributed by atoms with Crippen LogP contribution < -0.4 is 26.8 Å². The van der Waals surface area contributed by atoms with E-state index in [1.807, 2.05) is 0 Å². The number of nitrogens with two attached hydrogens (primary N) is 1. The lowest BCUT2D eigenvalue weighted by Gasteiger charge is -2.29. The van der Waals surface area contributed by atoms with Gasteiger partial charge in [-0.3, -0.25) is 0 Å². The number of benzene rings is 2. The monoisotopic (exact) mass is 517 g/mol. The normalized spacial score (nSPS) is 21.2. The average molecular weight is 518 g/mol. The molecule has 3 nitrogen and oxygen atoms in total. The van der Waals surface area contributed by atoms with Gasteiger partial charge >= 0.3 is 0 Å². The third-order valence-corrected chi connectivity index (χ3v) is 8.30. The fourth-order valence-electron chi connectivity index (χ4n) is 6.16. The SMILES string of the molecule is C=C(/C=C\C(=C/C)c1cccc(CCCCN)c1)C1=c2ccccc2=C(C2C=CC=C(C3CCCN3)N2)CC1. The third kappa shape index (κ3) is 6.43. The van der Waals surface area contributed by atoms with Crippen molar-refractivity contribution in [3.05, 3.63) is 124 Å². The maximum absolute atomic E-state index is 5.69. The minimum Gasteiger partial charge on any atom is -0.377 e. The van der Waals surface area contributed by atoms with Gasteiger partial charge in [0.2, 0.25) is 0 Å². The standard InChI is InChI=1S/C36H43N3/c1-3-28(29-13-8-12-27(25-29)11-6-7-23-37)20-19-26(2)30-21-22-33(32-15-5-4-14-31(30)32)34-16-9-17-36(39-34)35-18-10-24-38-35/h3-5,8-9,12-17,19-20,25,34-35,38-39H,2,6-7,10-11,18,21-24,37H2,1H3/b20-19-,28-3+. The van der Waals surface area contributed by atoms with Crippen LogP contribution in [0.2, 0.25) is 0 Å².